The second-order valence-electron chi connectivity index (χ2n) is 37.1. The average molecular weight is 1930 g/mol. The summed E-state index contributed by atoms with van der Waals surface area (Å²) in [7, 11) is -9.82. The van der Waals surface area contributed by atoms with Crippen LogP contribution in [-0.4, -0.2) is 95.9 Å². The lowest BCUT2D eigenvalue weighted by molar-refractivity contribution is -0.161. The van der Waals surface area contributed by atoms with Gasteiger partial charge in [-0.25, -0.2) is 9.13 Å². The van der Waals surface area contributed by atoms with Crippen LogP contribution in [0.5, 0.6) is 0 Å². The molecule has 0 fully saturated rings. The number of aliphatic hydroxyl groups is 2. The Morgan fingerprint density at radius 3 is 0.622 bits per heavy atom. The maximum atomic E-state index is 13.2. The predicted molar refractivity (Wildman–Crippen MR) is 574 cm³/mol. The topological polar surface area (TPSA) is 231 Å². The Morgan fingerprint density at radius 1 is 0.215 bits per heavy atom. The molecule has 0 spiro atoms. The molecule has 0 heterocycles. The molecule has 0 aromatic heterocycles. The lowest BCUT2D eigenvalue weighted by Gasteiger charge is -2.21. The molecule has 0 aromatic carbocycles. The van der Waals surface area contributed by atoms with Crippen LogP contribution in [0.15, 0.2) is 170 Å². The van der Waals surface area contributed by atoms with Gasteiger partial charge in [-0.2, -0.15) is 0 Å². The van der Waals surface area contributed by atoms with Gasteiger partial charge in [0.25, 0.3) is 0 Å². The summed E-state index contributed by atoms with van der Waals surface area (Å²) in [4.78, 5) is 59.3. The Morgan fingerprint density at radius 2 is 0.393 bits per heavy atom. The van der Waals surface area contributed by atoms with E-state index in [2.05, 4.69) is 191 Å². The molecule has 0 aliphatic rings. The van der Waals surface area contributed by atoms with Crippen LogP contribution in [0.4, 0.5) is 0 Å². The van der Waals surface area contributed by atoms with Crippen LogP contribution in [-0.2, 0) is 55.8 Å². The van der Waals surface area contributed by atoms with Crippen molar-refractivity contribution in [2.45, 2.75) is 514 Å². The van der Waals surface area contributed by atoms with Gasteiger partial charge in [0.05, 0.1) is 26.4 Å². The van der Waals surface area contributed by atoms with Gasteiger partial charge < -0.3 is 34.2 Å². The van der Waals surface area contributed by atoms with Crippen LogP contribution in [0.1, 0.15) is 496 Å². The molecule has 135 heavy (non-hydrogen) atoms. The predicted octanol–water partition coefficient (Wildman–Crippen LogP) is 35.7. The first-order valence-corrected chi connectivity index (χ1v) is 58.4. The van der Waals surface area contributed by atoms with Crippen LogP contribution in [0.25, 0.3) is 0 Å². The third kappa shape index (κ3) is 109. The lowest BCUT2D eigenvalue weighted by Crippen LogP contribution is -2.30. The van der Waals surface area contributed by atoms with E-state index >= 15 is 0 Å². The van der Waals surface area contributed by atoms with E-state index in [-0.39, 0.29) is 19.3 Å². The highest BCUT2D eigenvalue weighted by Gasteiger charge is 2.30. The van der Waals surface area contributed by atoms with Crippen molar-refractivity contribution in [2.75, 3.05) is 39.6 Å². The molecule has 0 aliphatic heterocycles. The van der Waals surface area contributed by atoms with E-state index in [9.17, 15) is 43.5 Å². The molecule has 0 saturated heterocycles. The average Bonchev–Trinajstić information content (AvgIpc) is 0.895. The summed E-state index contributed by atoms with van der Waals surface area (Å²) in [6.07, 6.45) is 143. The van der Waals surface area contributed by atoms with Crippen molar-refractivity contribution in [1.29, 1.82) is 0 Å². The molecule has 0 saturated carbocycles. The number of carbonyl (C=O) groups is 3. The van der Waals surface area contributed by atoms with Gasteiger partial charge in [-0.05, 0) is 161 Å². The monoisotopic (exact) mass is 1930 g/mol. The van der Waals surface area contributed by atoms with E-state index in [1.54, 1.807) is 0 Å². The number of rotatable bonds is 105. The molecule has 0 radical (unpaired) electrons. The highest BCUT2D eigenvalue weighted by atomic mass is 31.2. The highest BCUT2D eigenvalue weighted by molar-refractivity contribution is 7.47. The van der Waals surface area contributed by atoms with Crippen LogP contribution in [0.3, 0.4) is 0 Å². The van der Waals surface area contributed by atoms with Gasteiger partial charge in [0.15, 0.2) is 6.10 Å². The number of allylic oxidation sites excluding steroid dienone is 28. The van der Waals surface area contributed by atoms with Gasteiger partial charge in [0, 0.05) is 19.3 Å². The minimum atomic E-state index is -4.95. The summed E-state index contributed by atoms with van der Waals surface area (Å²) in [5, 5.41) is 20.8. The fourth-order valence-corrected chi connectivity index (χ4v) is 17.1. The molecular weight excluding hydrogens is 1720 g/mol. The molecule has 0 aliphatic carbocycles. The van der Waals surface area contributed by atoms with Gasteiger partial charge in [0.2, 0.25) is 0 Å². The maximum Gasteiger partial charge on any atom is 0.472 e. The molecule has 5 unspecified atom stereocenters. The summed E-state index contributed by atoms with van der Waals surface area (Å²) in [6.45, 7) is 2.61. The zero-order chi connectivity index (χ0) is 97.8. The Balaban J connectivity index is 4.58. The van der Waals surface area contributed by atoms with Crippen molar-refractivity contribution in [2.24, 2.45) is 0 Å². The Bertz CT molecular complexity index is 3140. The molecule has 0 amide bonds. The van der Waals surface area contributed by atoms with E-state index < -0.39 is 91.5 Å². The van der Waals surface area contributed by atoms with Crippen molar-refractivity contribution < 1.29 is 75.8 Å². The minimum Gasteiger partial charge on any atom is -0.463 e. The fourth-order valence-electron chi connectivity index (χ4n) is 15.5. The van der Waals surface area contributed by atoms with Crippen LogP contribution in [0.2, 0.25) is 0 Å². The van der Waals surface area contributed by atoms with E-state index in [1.807, 2.05) is 0 Å². The van der Waals surface area contributed by atoms with Crippen molar-refractivity contribution in [3.63, 3.8) is 0 Å². The number of hydrogen-bond donors (Lipinski definition) is 4. The first kappa shape index (κ1) is 130. The molecular formula is C117H204O16P2. The van der Waals surface area contributed by atoms with E-state index in [4.69, 9.17) is 32.3 Å². The van der Waals surface area contributed by atoms with Crippen molar-refractivity contribution in [3.8, 4) is 0 Å². The van der Waals surface area contributed by atoms with Gasteiger partial charge in [-0.1, -0.05) is 486 Å². The quantitative estimate of drug-likeness (QED) is 0.0146. The number of hydrogen-bond acceptors (Lipinski definition) is 14. The SMILES string of the molecule is CC/C=C\C/C=C\C/C=C\C/C=C\C/C=C\C/C=C\CCCCCCCCCCCCCCCCCCC(=O)OCC(O)COP(=O)(O)OCC(O)COP(=O)(O)OCC(COC(=O)CCCCCCCCCCCCCCCCCCCCC/C=C\C/C=C\C/C=C\C/C=C\CCCCC)OC(=O)CCCCCCCCCCCCCCC/C=C\C/C=C\C/C=C\C/C=C\CCCCC. The van der Waals surface area contributed by atoms with Gasteiger partial charge >= 0.3 is 33.6 Å². The van der Waals surface area contributed by atoms with E-state index in [0.717, 1.165) is 148 Å². The molecule has 16 nitrogen and oxygen atoms in total. The summed E-state index contributed by atoms with van der Waals surface area (Å²) >= 11 is 0. The number of unbranched alkanes of at least 4 members (excludes halogenated alkanes) is 54. The number of esters is 3. The van der Waals surface area contributed by atoms with Crippen LogP contribution in [0, 0.1) is 0 Å². The van der Waals surface area contributed by atoms with Gasteiger partial charge in [-0.3, -0.25) is 32.5 Å². The molecule has 778 valence electrons. The minimum absolute atomic E-state index is 0.103. The Labute approximate surface area is 828 Å². The van der Waals surface area contributed by atoms with Crippen molar-refractivity contribution in [3.05, 3.63) is 170 Å². The number of aliphatic hydroxyl groups excluding tert-OH is 2. The summed E-state index contributed by atoms with van der Waals surface area (Å²) in [6, 6.07) is 0. The standard InChI is InChI=1S/C117H204O16P2/c1-4-7-10-13-16-19-22-25-28-31-34-37-40-43-46-49-51-53-55-57-59-62-64-67-70-73-76-79-82-85-88-91-94-97-100-103-115(120)127-106-112(118)107-129-134(123,124)130-108-113(119)109-131-135(125,126)132-111-114(133-117(122)105-102-99-96-93-90-87-84-81-78-75-72-69-66-61-48-45-42-39-36-33-30-27-24-21-18-15-12-9-6-3)110-128-116(121)104-101-98-95-92-89-86-83-80-77-74-71-68-65-63-60-58-56-54-52-50-47-44-41-38-35-32-29-26-23-20-17-14-11-8-5-2/h7,10,16-21,25-30,34-39,43-48,51,53,112-114,118-119H,4-6,8-9,11-15,22-24,31-33,40-42,49-50,52,54-111H2,1-3H3,(H,123,124)(H,125,126)/b10-7-,19-16-,20-17-,21-18-,28-25-,29-26-,30-27-,37-34-,38-35-,39-36-,46-43-,47-44-,48-45-,53-51-. The van der Waals surface area contributed by atoms with E-state index in [1.165, 1.54) is 289 Å². The zero-order valence-electron chi connectivity index (χ0n) is 86.5. The number of phosphoric ester groups is 2. The largest absolute Gasteiger partial charge is 0.472 e. The van der Waals surface area contributed by atoms with Crippen molar-refractivity contribution in [1.82, 2.24) is 0 Å². The highest BCUT2D eigenvalue weighted by Crippen LogP contribution is 2.45. The molecule has 0 aromatic rings. The van der Waals surface area contributed by atoms with Crippen LogP contribution >= 0.6 is 15.6 Å². The third-order valence-electron chi connectivity index (χ3n) is 23.9. The first-order valence-electron chi connectivity index (χ1n) is 55.4. The zero-order valence-corrected chi connectivity index (χ0v) is 88.3. The molecule has 4 N–H and O–H groups in total. The fraction of sp³-hybridized carbons (Fsp3) is 0.735. The molecule has 5 atom stereocenters. The summed E-state index contributed by atoms with van der Waals surface area (Å²) in [5.74, 6) is -1.55. The van der Waals surface area contributed by atoms with Gasteiger partial charge in [-0.15, -0.1) is 0 Å². The normalized spacial score (nSPS) is 14.2. The molecule has 18 heteroatoms. The molecule has 0 rings (SSSR count). The smallest absolute Gasteiger partial charge is 0.463 e. The molecule has 0 bridgehead atoms. The number of ether oxygens (including phenoxy) is 3. The summed E-state index contributed by atoms with van der Waals surface area (Å²) in [5.41, 5.74) is 0. The van der Waals surface area contributed by atoms with Crippen molar-refractivity contribution >= 4 is 33.6 Å². The second-order valence-corrected chi connectivity index (χ2v) is 40.0. The second kappa shape index (κ2) is 108. The summed E-state index contributed by atoms with van der Waals surface area (Å²) < 4.78 is 61.8. The third-order valence-corrected chi connectivity index (χ3v) is 25.8. The Hall–Kier alpha value is -5.09. The van der Waals surface area contributed by atoms with Crippen LogP contribution < -0.4 is 0 Å². The lowest BCUT2D eigenvalue weighted by atomic mass is 10.0. The number of phosphoric acid groups is 2. The maximum absolute atomic E-state index is 13.2. The number of carbonyl (C=O) groups excluding carboxylic acids is 3. The first-order chi connectivity index (χ1) is 66.2. The van der Waals surface area contributed by atoms with Gasteiger partial charge in [0.1, 0.15) is 25.4 Å². The Kier molecular flexibility index (Phi) is 104. The van der Waals surface area contributed by atoms with E-state index in [0.29, 0.717) is 19.3 Å².